The van der Waals surface area contributed by atoms with Crippen LogP contribution in [-0.2, 0) is 6.54 Å². The maximum atomic E-state index is 12.7. The molecule has 0 aliphatic heterocycles. The Bertz CT molecular complexity index is 462. The normalized spacial score (nSPS) is 23.9. The Hall–Kier alpha value is -0.450. The molecular weight excluding hydrogens is 310 g/mol. The van der Waals surface area contributed by atoms with Gasteiger partial charge in [-0.05, 0) is 37.0 Å². The lowest BCUT2D eigenvalue weighted by molar-refractivity contribution is -0.183. The minimum Gasteiger partial charge on any atom is -0.310 e. The Kier molecular flexibility index (Phi) is 5.21. The summed E-state index contributed by atoms with van der Waals surface area (Å²) < 4.78 is 38.2. The fraction of sp³-hybridized carbons (Fsp3) is 0.571. The third kappa shape index (κ3) is 4.27. The van der Waals surface area contributed by atoms with Gasteiger partial charge < -0.3 is 5.32 Å². The van der Waals surface area contributed by atoms with E-state index in [1.807, 2.05) is 0 Å². The molecule has 0 saturated heterocycles. The number of hydrogen-bond acceptors (Lipinski definition) is 1. The van der Waals surface area contributed by atoms with Crippen LogP contribution in [0.4, 0.5) is 13.2 Å². The fourth-order valence-electron chi connectivity index (χ4n) is 2.59. The van der Waals surface area contributed by atoms with Crippen molar-refractivity contribution in [2.75, 3.05) is 0 Å². The lowest BCUT2D eigenvalue weighted by atomic mass is 9.85. The minimum absolute atomic E-state index is 0.109. The van der Waals surface area contributed by atoms with Gasteiger partial charge in [-0.2, -0.15) is 13.2 Å². The van der Waals surface area contributed by atoms with E-state index in [4.69, 9.17) is 23.2 Å². The molecule has 1 saturated carbocycles. The molecule has 1 aromatic carbocycles. The number of hydrogen-bond donors (Lipinski definition) is 1. The van der Waals surface area contributed by atoms with Gasteiger partial charge in [0.05, 0.1) is 5.92 Å². The van der Waals surface area contributed by atoms with Crippen LogP contribution in [0.15, 0.2) is 18.2 Å². The molecule has 0 aromatic heterocycles. The van der Waals surface area contributed by atoms with Crippen LogP contribution in [0, 0.1) is 5.92 Å². The first-order chi connectivity index (χ1) is 9.36. The molecular formula is C14H16Cl2F3N. The Morgan fingerprint density at radius 3 is 2.60 bits per heavy atom. The number of benzene rings is 1. The Labute approximate surface area is 126 Å². The summed E-state index contributed by atoms with van der Waals surface area (Å²) in [6.45, 7) is 0.464. The van der Waals surface area contributed by atoms with Crippen LogP contribution in [0.1, 0.15) is 31.2 Å². The summed E-state index contributed by atoms with van der Waals surface area (Å²) in [5.41, 5.74) is 0.852. The van der Waals surface area contributed by atoms with Crippen molar-refractivity contribution in [3.63, 3.8) is 0 Å². The van der Waals surface area contributed by atoms with Gasteiger partial charge in [-0.1, -0.05) is 35.7 Å². The highest BCUT2D eigenvalue weighted by atomic mass is 35.5. The summed E-state index contributed by atoms with van der Waals surface area (Å²) in [6, 6.07) is 5.05. The van der Waals surface area contributed by atoms with Crippen molar-refractivity contribution in [3.05, 3.63) is 33.8 Å². The minimum atomic E-state index is -4.09. The second-order valence-electron chi connectivity index (χ2n) is 5.22. The van der Waals surface area contributed by atoms with Crippen LogP contribution in [0.5, 0.6) is 0 Å². The zero-order valence-corrected chi connectivity index (χ0v) is 12.3. The van der Waals surface area contributed by atoms with Crippen molar-refractivity contribution in [1.29, 1.82) is 0 Å². The quantitative estimate of drug-likeness (QED) is 0.804. The van der Waals surface area contributed by atoms with E-state index >= 15 is 0 Å². The van der Waals surface area contributed by atoms with Gasteiger partial charge in [0.25, 0.3) is 0 Å². The van der Waals surface area contributed by atoms with E-state index in [1.165, 1.54) is 0 Å². The summed E-state index contributed by atoms with van der Waals surface area (Å²) in [4.78, 5) is 0. The number of alkyl halides is 3. The van der Waals surface area contributed by atoms with Crippen molar-refractivity contribution in [2.45, 2.75) is 44.4 Å². The lowest BCUT2D eigenvalue weighted by Crippen LogP contribution is -2.38. The number of halogens is 5. The van der Waals surface area contributed by atoms with Gasteiger partial charge >= 0.3 is 6.18 Å². The van der Waals surface area contributed by atoms with E-state index in [0.717, 1.165) is 12.0 Å². The first kappa shape index (κ1) is 15.9. The van der Waals surface area contributed by atoms with Crippen LogP contribution in [0.2, 0.25) is 10.0 Å². The summed E-state index contributed by atoms with van der Waals surface area (Å²) in [7, 11) is 0. The van der Waals surface area contributed by atoms with Crippen molar-refractivity contribution in [3.8, 4) is 0 Å². The molecule has 1 N–H and O–H groups in total. The molecule has 2 rings (SSSR count). The Balaban J connectivity index is 1.90. The summed E-state index contributed by atoms with van der Waals surface area (Å²) in [5, 5.41) is 4.26. The van der Waals surface area contributed by atoms with Crippen molar-refractivity contribution < 1.29 is 13.2 Å². The molecule has 1 aliphatic rings. The van der Waals surface area contributed by atoms with Crippen LogP contribution in [0.25, 0.3) is 0 Å². The Morgan fingerprint density at radius 1 is 1.20 bits per heavy atom. The summed E-state index contributed by atoms with van der Waals surface area (Å²) >= 11 is 11.8. The topological polar surface area (TPSA) is 12.0 Å². The van der Waals surface area contributed by atoms with Gasteiger partial charge in [0.2, 0.25) is 0 Å². The fourth-order valence-corrected chi connectivity index (χ4v) is 3.07. The summed E-state index contributed by atoms with van der Waals surface area (Å²) in [5.74, 6) is -1.19. The zero-order chi connectivity index (χ0) is 14.8. The van der Waals surface area contributed by atoms with Gasteiger partial charge in [-0.15, -0.1) is 0 Å². The van der Waals surface area contributed by atoms with Crippen LogP contribution < -0.4 is 5.32 Å². The monoisotopic (exact) mass is 325 g/mol. The molecule has 0 amide bonds. The average molecular weight is 326 g/mol. The summed E-state index contributed by atoms with van der Waals surface area (Å²) in [6.07, 6.45) is -2.32. The third-order valence-corrected chi connectivity index (χ3v) is 4.32. The molecule has 0 bridgehead atoms. The number of rotatable bonds is 3. The van der Waals surface area contributed by atoms with Crippen molar-refractivity contribution >= 4 is 23.2 Å². The zero-order valence-electron chi connectivity index (χ0n) is 10.8. The molecule has 20 heavy (non-hydrogen) atoms. The molecule has 1 fully saturated rings. The molecule has 0 heterocycles. The second-order valence-corrected chi connectivity index (χ2v) is 6.06. The number of nitrogens with one attached hydrogen (secondary N) is 1. The van der Waals surface area contributed by atoms with Crippen LogP contribution in [-0.4, -0.2) is 12.2 Å². The van der Waals surface area contributed by atoms with Gasteiger partial charge in [0.1, 0.15) is 0 Å². The maximum Gasteiger partial charge on any atom is 0.391 e. The van der Waals surface area contributed by atoms with Gasteiger partial charge in [0, 0.05) is 22.6 Å². The maximum absolute atomic E-state index is 12.7. The van der Waals surface area contributed by atoms with E-state index in [9.17, 15) is 13.2 Å². The molecule has 6 heteroatoms. The third-order valence-electron chi connectivity index (χ3n) is 3.73. The highest BCUT2D eigenvalue weighted by Gasteiger charge is 2.41. The smallest absolute Gasteiger partial charge is 0.310 e. The molecule has 0 radical (unpaired) electrons. The van der Waals surface area contributed by atoms with Gasteiger partial charge in [0.15, 0.2) is 0 Å². The first-order valence-corrected chi connectivity index (χ1v) is 7.36. The average Bonchev–Trinajstić information content (AvgIpc) is 2.37. The SMILES string of the molecule is FC(F)(F)C1CCCC(NCc2ccc(Cl)cc2Cl)C1. The largest absolute Gasteiger partial charge is 0.391 e. The highest BCUT2D eigenvalue weighted by Crippen LogP contribution is 2.37. The van der Waals surface area contributed by atoms with E-state index in [1.54, 1.807) is 18.2 Å². The lowest BCUT2D eigenvalue weighted by Gasteiger charge is -2.31. The molecule has 2 unspecified atom stereocenters. The molecule has 1 aliphatic carbocycles. The predicted molar refractivity (Wildman–Crippen MR) is 75.1 cm³/mol. The van der Waals surface area contributed by atoms with Crippen LogP contribution >= 0.6 is 23.2 Å². The predicted octanol–water partition coefficient (Wildman–Crippen LogP) is 5.20. The highest BCUT2D eigenvalue weighted by molar-refractivity contribution is 6.35. The van der Waals surface area contributed by atoms with Gasteiger partial charge in [-0.3, -0.25) is 0 Å². The van der Waals surface area contributed by atoms with E-state index in [-0.39, 0.29) is 18.9 Å². The first-order valence-electron chi connectivity index (χ1n) is 6.60. The van der Waals surface area contributed by atoms with E-state index in [2.05, 4.69) is 5.32 Å². The van der Waals surface area contributed by atoms with E-state index in [0.29, 0.717) is 23.0 Å². The molecule has 1 nitrogen and oxygen atoms in total. The van der Waals surface area contributed by atoms with Crippen LogP contribution in [0.3, 0.4) is 0 Å². The van der Waals surface area contributed by atoms with Gasteiger partial charge in [-0.25, -0.2) is 0 Å². The molecule has 1 aromatic rings. The Morgan fingerprint density at radius 2 is 1.95 bits per heavy atom. The van der Waals surface area contributed by atoms with Crippen molar-refractivity contribution in [1.82, 2.24) is 5.32 Å². The molecule has 0 spiro atoms. The van der Waals surface area contributed by atoms with E-state index < -0.39 is 12.1 Å². The second kappa shape index (κ2) is 6.54. The molecule has 2 atom stereocenters. The standard InChI is InChI=1S/C14H16Cl2F3N/c15-11-5-4-9(13(16)7-11)8-20-12-3-1-2-10(6-12)14(17,18)19/h4-5,7,10,12,20H,1-3,6,8H2. The van der Waals surface area contributed by atoms with Crippen molar-refractivity contribution in [2.24, 2.45) is 5.92 Å². The molecule has 112 valence electrons.